The zero-order valence-corrected chi connectivity index (χ0v) is 18.5. The summed E-state index contributed by atoms with van der Waals surface area (Å²) in [5.74, 6) is -1.04. The molecule has 2 aromatic rings. The van der Waals surface area contributed by atoms with E-state index in [-0.39, 0.29) is 35.2 Å². The first kappa shape index (κ1) is 21.7. The Morgan fingerprint density at radius 1 is 1.06 bits per heavy atom. The molecular formula is C22H30F2N6O. The summed E-state index contributed by atoms with van der Waals surface area (Å²) in [6.07, 6.45) is 1.56. The van der Waals surface area contributed by atoms with E-state index >= 15 is 8.78 Å². The maximum Gasteiger partial charge on any atom is 0.226 e. The largest absolute Gasteiger partial charge is 0.395 e. The third-order valence-electron chi connectivity index (χ3n) is 6.14. The van der Waals surface area contributed by atoms with Crippen molar-refractivity contribution in [3.8, 4) is 11.3 Å². The molecule has 9 heteroatoms. The molecule has 4 rings (SSSR count). The fraction of sp³-hybridized carbons (Fsp3) is 0.545. The summed E-state index contributed by atoms with van der Waals surface area (Å²) in [5.41, 5.74) is 6.45. The summed E-state index contributed by atoms with van der Waals surface area (Å²) < 4.78 is 36.3. The molecule has 1 aromatic heterocycles. The molecule has 1 aromatic carbocycles. The van der Waals surface area contributed by atoms with Gasteiger partial charge < -0.3 is 25.2 Å². The van der Waals surface area contributed by atoms with Gasteiger partial charge in [-0.2, -0.15) is 0 Å². The lowest BCUT2D eigenvalue weighted by Crippen LogP contribution is -2.50. The Kier molecular flexibility index (Phi) is 5.98. The molecule has 2 saturated heterocycles. The standard InChI is InChI=1S/C22H30F2N6O/c1-13-10-29(8-7-28(13)4)18-9-16(23)19(20(24)21(18)25)17-5-6-26-22(27-17)30-11-14(2)31-15(3)12-30/h5-6,9,13-15H,7-8,10-12,25H2,1-4H3/t13-,14-,15+/m0/s1. The lowest BCUT2D eigenvalue weighted by atomic mass is 10.1. The maximum atomic E-state index is 15.3. The predicted molar refractivity (Wildman–Crippen MR) is 118 cm³/mol. The number of nitrogens with zero attached hydrogens (tertiary/aromatic N) is 5. The number of anilines is 3. The first-order chi connectivity index (χ1) is 14.7. The molecule has 0 unspecified atom stereocenters. The highest BCUT2D eigenvalue weighted by Crippen LogP contribution is 2.36. The molecule has 31 heavy (non-hydrogen) atoms. The van der Waals surface area contributed by atoms with Crippen molar-refractivity contribution >= 4 is 17.3 Å². The predicted octanol–water partition coefficient (Wildman–Crippen LogP) is 2.76. The van der Waals surface area contributed by atoms with Gasteiger partial charge in [0.2, 0.25) is 5.95 Å². The monoisotopic (exact) mass is 432 g/mol. The van der Waals surface area contributed by atoms with Crippen LogP contribution in [0.15, 0.2) is 18.3 Å². The highest BCUT2D eigenvalue weighted by Gasteiger charge is 2.28. The van der Waals surface area contributed by atoms with Crippen LogP contribution < -0.4 is 15.5 Å². The van der Waals surface area contributed by atoms with Gasteiger partial charge >= 0.3 is 0 Å². The Labute approximate surface area is 181 Å². The van der Waals surface area contributed by atoms with Crippen LogP contribution in [0.5, 0.6) is 0 Å². The van der Waals surface area contributed by atoms with E-state index in [9.17, 15) is 0 Å². The van der Waals surface area contributed by atoms with Gasteiger partial charge in [-0.3, -0.25) is 0 Å². The van der Waals surface area contributed by atoms with Gasteiger partial charge in [0.15, 0.2) is 5.82 Å². The van der Waals surface area contributed by atoms with Crippen LogP contribution in [0.4, 0.5) is 26.1 Å². The van der Waals surface area contributed by atoms with Crippen molar-refractivity contribution in [2.75, 3.05) is 55.3 Å². The van der Waals surface area contributed by atoms with Crippen molar-refractivity contribution in [1.82, 2.24) is 14.9 Å². The van der Waals surface area contributed by atoms with Crippen LogP contribution in [0.2, 0.25) is 0 Å². The van der Waals surface area contributed by atoms with Gasteiger partial charge in [0, 0.05) is 51.0 Å². The Hall–Kier alpha value is -2.52. The normalized spacial score (nSPS) is 25.2. The number of likely N-dealkylation sites (N-methyl/N-ethyl adjacent to an activating group) is 1. The number of benzene rings is 1. The number of nitrogens with two attached hydrogens (primary N) is 1. The van der Waals surface area contributed by atoms with Crippen LogP contribution in [-0.2, 0) is 4.74 Å². The van der Waals surface area contributed by atoms with Crippen LogP contribution in [0.1, 0.15) is 20.8 Å². The summed E-state index contributed by atoms with van der Waals surface area (Å²) in [5, 5.41) is 0. The summed E-state index contributed by atoms with van der Waals surface area (Å²) in [6.45, 7) is 9.38. The quantitative estimate of drug-likeness (QED) is 0.748. The SMILES string of the molecule is C[C@@H]1CN(c2nccc(-c3c(F)cc(N4CCN(C)[C@@H](C)C4)c(N)c3F)n2)C[C@H](C)O1. The van der Waals surface area contributed by atoms with Crippen LogP contribution >= 0.6 is 0 Å². The Balaban J connectivity index is 1.67. The lowest BCUT2D eigenvalue weighted by Gasteiger charge is -2.39. The molecule has 0 spiro atoms. The van der Waals surface area contributed by atoms with Crippen molar-refractivity contribution in [2.45, 2.75) is 39.0 Å². The molecule has 3 atom stereocenters. The van der Waals surface area contributed by atoms with Gasteiger partial charge in [0.05, 0.1) is 34.8 Å². The second-order valence-corrected chi connectivity index (χ2v) is 8.66. The second-order valence-electron chi connectivity index (χ2n) is 8.66. The molecule has 0 amide bonds. The van der Waals surface area contributed by atoms with Gasteiger partial charge in [-0.1, -0.05) is 0 Å². The highest BCUT2D eigenvalue weighted by atomic mass is 19.1. The zero-order chi connectivity index (χ0) is 22.3. The Bertz CT molecular complexity index is 948. The Morgan fingerprint density at radius 3 is 2.45 bits per heavy atom. The minimum Gasteiger partial charge on any atom is -0.395 e. The van der Waals surface area contributed by atoms with Crippen molar-refractivity contribution in [1.29, 1.82) is 0 Å². The van der Waals surface area contributed by atoms with E-state index in [2.05, 4.69) is 21.8 Å². The molecule has 2 fully saturated rings. The second kappa shape index (κ2) is 8.55. The molecule has 0 bridgehead atoms. The number of morpholine rings is 1. The van der Waals surface area contributed by atoms with E-state index in [1.54, 1.807) is 0 Å². The van der Waals surface area contributed by atoms with E-state index < -0.39 is 11.6 Å². The number of rotatable bonds is 3. The van der Waals surface area contributed by atoms with Crippen LogP contribution in [0, 0.1) is 11.6 Å². The van der Waals surface area contributed by atoms with E-state index in [1.807, 2.05) is 30.7 Å². The minimum atomic E-state index is -0.782. The average Bonchev–Trinajstić information content (AvgIpc) is 2.72. The van der Waals surface area contributed by atoms with E-state index in [0.29, 0.717) is 37.8 Å². The van der Waals surface area contributed by atoms with Crippen molar-refractivity contribution in [3.63, 3.8) is 0 Å². The highest BCUT2D eigenvalue weighted by molar-refractivity contribution is 5.77. The van der Waals surface area contributed by atoms with Crippen LogP contribution in [0.3, 0.4) is 0 Å². The number of ether oxygens (including phenoxy) is 1. The van der Waals surface area contributed by atoms with E-state index in [0.717, 1.165) is 6.54 Å². The van der Waals surface area contributed by atoms with Gasteiger partial charge in [-0.25, -0.2) is 18.7 Å². The average molecular weight is 433 g/mol. The van der Waals surface area contributed by atoms with Crippen molar-refractivity contribution < 1.29 is 13.5 Å². The fourth-order valence-corrected chi connectivity index (χ4v) is 4.37. The van der Waals surface area contributed by atoms with Gasteiger partial charge in [0.25, 0.3) is 0 Å². The number of hydrogen-bond donors (Lipinski definition) is 1. The van der Waals surface area contributed by atoms with Crippen molar-refractivity contribution in [2.24, 2.45) is 0 Å². The minimum absolute atomic E-state index is 0.0189. The first-order valence-corrected chi connectivity index (χ1v) is 10.7. The van der Waals surface area contributed by atoms with Gasteiger partial charge in [0.1, 0.15) is 5.82 Å². The first-order valence-electron chi connectivity index (χ1n) is 10.7. The molecule has 0 saturated carbocycles. The molecule has 7 nitrogen and oxygen atoms in total. The summed E-state index contributed by atoms with van der Waals surface area (Å²) in [4.78, 5) is 14.9. The topological polar surface area (TPSA) is 70.8 Å². The zero-order valence-electron chi connectivity index (χ0n) is 18.5. The smallest absolute Gasteiger partial charge is 0.226 e. The lowest BCUT2D eigenvalue weighted by molar-refractivity contribution is -0.00571. The molecule has 2 aliphatic heterocycles. The van der Waals surface area contributed by atoms with Crippen molar-refractivity contribution in [3.05, 3.63) is 30.0 Å². The van der Waals surface area contributed by atoms with Crippen LogP contribution in [-0.4, -0.2) is 72.9 Å². The molecule has 2 aliphatic rings. The number of aromatic nitrogens is 2. The number of nitrogen functional groups attached to an aromatic ring is 1. The fourth-order valence-electron chi connectivity index (χ4n) is 4.37. The third-order valence-corrected chi connectivity index (χ3v) is 6.14. The third kappa shape index (κ3) is 4.29. The number of piperazine rings is 1. The molecule has 168 valence electrons. The van der Waals surface area contributed by atoms with E-state index in [1.165, 1.54) is 18.3 Å². The summed E-state index contributed by atoms with van der Waals surface area (Å²) in [7, 11) is 2.04. The molecular weight excluding hydrogens is 402 g/mol. The summed E-state index contributed by atoms with van der Waals surface area (Å²) in [6, 6.07) is 3.10. The molecule has 0 aliphatic carbocycles. The Morgan fingerprint density at radius 2 is 1.77 bits per heavy atom. The molecule has 0 radical (unpaired) electrons. The number of halogens is 2. The molecule has 3 heterocycles. The van der Waals surface area contributed by atoms with Crippen LogP contribution in [0.25, 0.3) is 11.3 Å². The number of hydrogen-bond acceptors (Lipinski definition) is 7. The van der Waals surface area contributed by atoms with Gasteiger partial charge in [-0.15, -0.1) is 0 Å². The molecule has 2 N–H and O–H groups in total. The van der Waals surface area contributed by atoms with E-state index in [4.69, 9.17) is 10.5 Å². The van der Waals surface area contributed by atoms with Gasteiger partial charge in [-0.05, 0) is 33.9 Å². The maximum absolute atomic E-state index is 15.3. The summed E-state index contributed by atoms with van der Waals surface area (Å²) >= 11 is 0.